The number of aromatic nitrogens is 4. The zero-order chi connectivity index (χ0) is 28.0. The summed E-state index contributed by atoms with van der Waals surface area (Å²) in [6.45, 7) is 1.27. The van der Waals surface area contributed by atoms with E-state index >= 15 is 0 Å². The Morgan fingerprint density at radius 1 is 1.20 bits per heavy atom. The van der Waals surface area contributed by atoms with Gasteiger partial charge in [-0.05, 0) is 17.2 Å². The molecule has 0 aliphatic carbocycles. The van der Waals surface area contributed by atoms with Crippen LogP contribution in [0.3, 0.4) is 0 Å². The van der Waals surface area contributed by atoms with Gasteiger partial charge in [0.25, 0.3) is 0 Å². The van der Waals surface area contributed by atoms with Gasteiger partial charge in [-0.25, -0.2) is 15.0 Å². The lowest BCUT2D eigenvalue weighted by molar-refractivity contribution is -0.270. The van der Waals surface area contributed by atoms with Crippen molar-refractivity contribution in [3.05, 3.63) is 78.5 Å². The molecule has 12 heteroatoms. The molecule has 0 atom stereocenters. The van der Waals surface area contributed by atoms with Crippen molar-refractivity contribution in [2.75, 3.05) is 45.2 Å². The normalized spacial score (nSPS) is 16.0. The Kier molecular flexibility index (Phi) is 8.27. The number of nitrogens with one attached hydrogen (secondary N) is 1. The molecular formula is C28H30F2N8O2. The number of ether oxygens (including phenoxy) is 2. The second-order valence-corrected chi connectivity index (χ2v) is 9.19. The van der Waals surface area contributed by atoms with Gasteiger partial charge in [-0.3, -0.25) is 14.3 Å². The molecule has 3 N–H and O–H groups in total. The zero-order valence-corrected chi connectivity index (χ0v) is 22.0. The first-order chi connectivity index (χ1) is 19.4. The van der Waals surface area contributed by atoms with Crippen LogP contribution < -0.4 is 15.8 Å². The van der Waals surface area contributed by atoms with Gasteiger partial charge in [-0.15, -0.1) is 0 Å². The number of alkyl halides is 2. The van der Waals surface area contributed by atoms with Crippen molar-refractivity contribution in [1.29, 1.82) is 0 Å². The van der Waals surface area contributed by atoms with Crippen LogP contribution in [-0.2, 0) is 11.3 Å². The molecule has 0 unspecified atom stereocenters. The number of halogens is 2. The Morgan fingerprint density at radius 3 is 2.83 bits per heavy atom. The molecule has 1 aromatic carbocycles. The zero-order valence-electron chi connectivity index (χ0n) is 22.0. The first-order valence-electron chi connectivity index (χ1n) is 12.8. The lowest BCUT2D eigenvalue weighted by atomic mass is 10.1. The highest BCUT2D eigenvalue weighted by atomic mass is 19.3. The van der Waals surface area contributed by atoms with E-state index in [4.69, 9.17) is 10.5 Å². The van der Waals surface area contributed by atoms with E-state index in [1.54, 1.807) is 30.4 Å². The highest BCUT2D eigenvalue weighted by Gasteiger charge is 2.36. The largest absolute Gasteiger partial charge is 0.492 e. The smallest absolute Gasteiger partial charge is 0.368 e. The van der Waals surface area contributed by atoms with Crippen molar-refractivity contribution in [3.8, 4) is 17.1 Å². The van der Waals surface area contributed by atoms with Crippen LogP contribution in [0.2, 0.25) is 0 Å². The van der Waals surface area contributed by atoms with Crippen LogP contribution >= 0.6 is 0 Å². The minimum absolute atomic E-state index is 0.00617. The number of fused-ring (bicyclic) bond motifs is 1. The third kappa shape index (κ3) is 6.58. The third-order valence-corrected chi connectivity index (χ3v) is 6.43. The van der Waals surface area contributed by atoms with Crippen molar-refractivity contribution >= 4 is 23.3 Å². The molecule has 0 radical (unpaired) electrons. The van der Waals surface area contributed by atoms with Gasteiger partial charge in [0.1, 0.15) is 30.1 Å². The van der Waals surface area contributed by atoms with E-state index in [1.807, 2.05) is 47.0 Å². The Balaban J connectivity index is 1.20. The SMILES string of the molecule is CN=CC(=CN)c1ccc(CNc2cc(-c3cnc4cc(OCCN5CCOC(F)(F)C5)ccn34)ncn2)cc1. The highest BCUT2D eigenvalue weighted by molar-refractivity contribution is 6.09. The summed E-state index contributed by atoms with van der Waals surface area (Å²) in [6, 6.07) is 13.5. The summed E-state index contributed by atoms with van der Waals surface area (Å²) in [5.41, 5.74) is 10.8. The van der Waals surface area contributed by atoms with Crippen molar-refractivity contribution in [1.82, 2.24) is 24.3 Å². The minimum Gasteiger partial charge on any atom is -0.492 e. The van der Waals surface area contributed by atoms with Crippen LogP contribution in [0.4, 0.5) is 14.6 Å². The van der Waals surface area contributed by atoms with Gasteiger partial charge in [0.2, 0.25) is 0 Å². The first-order valence-corrected chi connectivity index (χ1v) is 12.8. The van der Waals surface area contributed by atoms with Gasteiger partial charge in [0.15, 0.2) is 0 Å². The minimum atomic E-state index is -3.11. The molecule has 0 saturated carbocycles. The van der Waals surface area contributed by atoms with Gasteiger partial charge in [0.05, 0.1) is 30.7 Å². The fourth-order valence-electron chi connectivity index (χ4n) is 4.39. The second-order valence-electron chi connectivity index (χ2n) is 9.19. The van der Waals surface area contributed by atoms with E-state index in [2.05, 4.69) is 30.0 Å². The summed E-state index contributed by atoms with van der Waals surface area (Å²) in [7, 11) is 1.71. The molecule has 4 aromatic rings. The molecule has 3 aromatic heterocycles. The standard InChI is InChI=1S/C28H30F2N8O2/c1-32-16-22(14-31)21-4-2-20(3-5-21)15-33-26-13-24(35-19-36-26)25-17-34-27-12-23(6-7-38(25)27)39-10-8-37-9-11-40-28(29,30)18-37/h2-7,12-14,16-17,19H,8-11,15,18,31H2,1H3,(H,33,35,36). The number of allylic oxidation sites excluding steroid dienone is 1. The molecule has 1 aliphatic heterocycles. The second kappa shape index (κ2) is 12.2. The van der Waals surface area contributed by atoms with E-state index in [9.17, 15) is 8.78 Å². The van der Waals surface area contributed by atoms with Gasteiger partial charge in [-0.1, -0.05) is 24.3 Å². The topological polar surface area (TPSA) is 115 Å². The summed E-state index contributed by atoms with van der Waals surface area (Å²) in [6.07, 6.45) is 5.25. The maximum Gasteiger partial charge on any atom is 0.368 e. The van der Waals surface area contributed by atoms with E-state index < -0.39 is 12.7 Å². The molecule has 1 saturated heterocycles. The maximum atomic E-state index is 13.4. The summed E-state index contributed by atoms with van der Waals surface area (Å²) >= 11 is 0. The molecule has 4 heterocycles. The predicted molar refractivity (Wildman–Crippen MR) is 149 cm³/mol. The van der Waals surface area contributed by atoms with Gasteiger partial charge < -0.3 is 20.5 Å². The molecule has 1 fully saturated rings. The Morgan fingerprint density at radius 2 is 2.05 bits per heavy atom. The molecule has 10 nitrogen and oxygen atoms in total. The van der Waals surface area contributed by atoms with E-state index in [-0.39, 0.29) is 13.2 Å². The number of imidazole rings is 1. The average molecular weight is 549 g/mol. The van der Waals surface area contributed by atoms with Crippen LogP contribution in [0.5, 0.6) is 5.75 Å². The monoisotopic (exact) mass is 548 g/mol. The van der Waals surface area contributed by atoms with E-state index in [1.165, 1.54) is 12.5 Å². The third-order valence-electron chi connectivity index (χ3n) is 6.43. The molecule has 208 valence electrons. The van der Waals surface area contributed by atoms with Crippen LogP contribution in [0.25, 0.3) is 22.6 Å². The Bertz CT molecular complexity index is 1500. The Labute approximate surface area is 230 Å². The van der Waals surface area contributed by atoms with Crippen molar-refractivity contribution in [3.63, 3.8) is 0 Å². The average Bonchev–Trinajstić information content (AvgIpc) is 3.38. The molecule has 0 bridgehead atoms. The van der Waals surface area contributed by atoms with Crippen molar-refractivity contribution in [2.45, 2.75) is 12.7 Å². The number of nitrogens with zero attached hydrogens (tertiary/aromatic N) is 6. The molecule has 0 amide bonds. The molecule has 1 aliphatic rings. The van der Waals surface area contributed by atoms with Gasteiger partial charge in [-0.2, -0.15) is 8.78 Å². The summed E-state index contributed by atoms with van der Waals surface area (Å²) in [5, 5.41) is 3.34. The van der Waals surface area contributed by atoms with Crippen LogP contribution in [0, 0.1) is 0 Å². The quantitative estimate of drug-likeness (QED) is 0.288. The van der Waals surface area contributed by atoms with Crippen molar-refractivity contribution in [2.24, 2.45) is 10.7 Å². The van der Waals surface area contributed by atoms with Gasteiger partial charge >= 0.3 is 6.11 Å². The van der Waals surface area contributed by atoms with Crippen molar-refractivity contribution < 1.29 is 18.3 Å². The number of rotatable bonds is 10. The predicted octanol–water partition coefficient (Wildman–Crippen LogP) is 3.71. The number of aliphatic imine (C=N–C) groups is 1. The number of morpholine rings is 1. The summed E-state index contributed by atoms with van der Waals surface area (Å²) in [5.74, 6) is 1.29. The molecule has 40 heavy (non-hydrogen) atoms. The molecule has 0 spiro atoms. The maximum absolute atomic E-state index is 13.4. The van der Waals surface area contributed by atoms with Crippen LogP contribution in [0.1, 0.15) is 11.1 Å². The van der Waals surface area contributed by atoms with E-state index in [0.717, 1.165) is 22.4 Å². The fourth-order valence-corrected chi connectivity index (χ4v) is 4.39. The summed E-state index contributed by atoms with van der Waals surface area (Å²) < 4.78 is 39.0. The van der Waals surface area contributed by atoms with Gasteiger partial charge in [0, 0.05) is 63.0 Å². The number of hydrogen-bond donors (Lipinski definition) is 2. The van der Waals surface area contributed by atoms with Crippen LogP contribution in [-0.4, -0.2) is 76.5 Å². The lowest BCUT2D eigenvalue weighted by Gasteiger charge is -2.31. The summed E-state index contributed by atoms with van der Waals surface area (Å²) in [4.78, 5) is 18.9. The highest BCUT2D eigenvalue weighted by Crippen LogP contribution is 2.24. The number of nitrogens with two attached hydrogens (primary N) is 1. The fraction of sp³-hybridized carbons (Fsp3) is 0.286. The number of hydrogen-bond acceptors (Lipinski definition) is 9. The first kappa shape index (κ1) is 27.2. The van der Waals surface area contributed by atoms with Crippen LogP contribution in [0.15, 0.2) is 72.4 Å². The Hall–Kier alpha value is -4.42. The number of anilines is 1. The molecule has 5 rings (SSSR count). The number of benzene rings is 1. The lowest BCUT2D eigenvalue weighted by Crippen LogP contribution is -2.47. The number of pyridine rings is 1. The van der Waals surface area contributed by atoms with E-state index in [0.29, 0.717) is 42.5 Å². The molecular weight excluding hydrogens is 518 g/mol.